The minimum absolute atomic E-state index is 0.210. The molecule has 1 aromatic heterocycles. The van der Waals surface area contributed by atoms with E-state index in [-0.39, 0.29) is 17.9 Å². The number of ether oxygens (including phenoxy) is 1. The van der Waals surface area contributed by atoms with Gasteiger partial charge in [0.05, 0.1) is 24.7 Å². The highest BCUT2D eigenvalue weighted by Gasteiger charge is 2.20. The molecule has 3 aromatic carbocycles. The summed E-state index contributed by atoms with van der Waals surface area (Å²) in [6, 6.07) is 23.2. The molecule has 208 valence electrons. The molecule has 0 radical (unpaired) electrons. The molecule has 1 aliphatic rings. The number of hydrogen-bond donors (Lipinski definition) is 3. The van der Waals surface area contributed by atoms with E-state index in [2.05, 4.69) is 27.8 Å². The number of esters is 1. The fraction of sp³-hybridized carbons (Fsp3) is 0.0909. The first-order chi connectivity index (χ1) is 20.4. The zero-order valence-corrected chi connectivity index (χ0v) is 22.6. The number of hydrogen-bond acceptors (Lipinski definition) is 5. The number of fused-ring (bicyclic) bond motifs is 3. The maximum absolute atomic E-state index is 13.7. The van der Waals surface area contributed by atoms with E-state index < -0.39 is 29.7 Å². The molecule has 3 N–H and O–H groups in total. The highest BCUT2D eigenvalue weighted by atomic mass is 16.5. The average Bonchev–Trinajstić information content (AvgIpc) is 3.39. The van der Waals surface area contributed by atoms with Crippen LogP contribution in [-0.2, 0) is 14.3 Å². The van der Waals surface area contributed by atoms with Crippen molar-refractivity contribution in [3.8, 4) is 11.8 Å². The molecule has 9 nitrogen and oxygen atoms in total. The smallest absolute Gasteiger partial charge is 0.330 e. The third-order valence-corrected chi connectivity index (χ3v) is 6.46. The van der Waals surface area contributed by atoms with Crippen molar-refractivity contribution >= 4 is 45.6 Å². The second-order valence-electron chi connectivity index (χ2n) is 9.24. The Morgan fingerprint density at radius 1 is 0.833 bits per heavy atom. The van der Waals surface area contributed by atoms with Crippen molar-refractivity contribution in [1.29, 1.82) is 0 Å². The fourth-order valence-corrected chi connectivity index (χ4v) is 4.54. The Morgan fingerprint density at radius 2 is 1.48 bits per heavy atom. The number of nitrogens with zero attached hydrogens (tertiary/aromatic N) is 1. The highest BCUT2D eigenvalue weighted by molar-refractivity contribution is 6.13. The molecular weight excluding hydrogens is 532 g/mol. The van der Waals surface area contributed by atoms with Crippen molar-refractivity contribution in [2.45, 2.75) is 0 Å². The molecule has 1 unspecified atom stereocenters. The second kappa shape index (κ2) is 12.5. The lowest BCUT2D eigenvalue weighted by atomic mass is 10.1. The lowest BCUT2D eigenvalue weighted by Gasteiger charge is -2.13. The number of rotatable bonds is 6. The van der Waals surface area contributed by atoms with Gasteiger partial charge in [-0.3, -0.25) is 19.0 Å². The van der Waals surface area contributed by atoms with E-state index in [0.29, 0.717) is 16.6 Å². The van der Waals surface area contributed by atoms with E-state index in [1.165, 1.54) is 31.4 Å². The number of methoxy groups -OCH3 is 1. The van der Waals surface area contributed by atoms with E-state index in [0.717, 1.165) is 10.8 Å². The molecule has 3 amide bonds. The van der Waals surface area contributed by atoms with Crippen LogP contribution >= 0.6 is 0 Å². The van der Waals surface area contributed by atoms with Gasteiger partial charge in [-0.05, 0) is 48.6 Å². The third kappa shape index (κ3) is 6.13. The van der Waals surface area contributed by atoms with Crippen LogP contribution < -0.4 is 16.0 Å². The number of nitrogens with one attached hydrogen (secondary N) is 3. The van der Waals surface area contributed by atoms with Gasteiger partial charge in [0.2, 0.25) is 5.91 Å². The van der Waals surface area contributed by atoms with Gasteiger partial charge in [0.25, 0.3) is 5.91 Å². The standard InChI is InChI=1S/C33H26N4O5/c1-42-32(40)23-13-5-6-14-24(35-30(38)21-34-31(39)22-11-3-2-4-12-22)20-25(19-23)36-33(41)37-28-17-9-7-15-26(28)27-16-8-10-18-29(27)37/h2-4,6-12,14-20,23H,21H2,1H3,(H,34,39)(H,35,38)(H,36,41)/b14-6?,24-20+,25-19+. The Hall–Kier alpha value is -5.88. The Bertz CT molecular complexity index is 1800. The summed E-state index contributed by atoms with van der Waals surface area (Å²) in [4.78, 5) is 51.3. The topological polar surface area (TPSA) is 119 Å². The van der Waals surface area contributed by atoms with Gasteiger partial charge in [0.15, 0.2) is 0 Å². The maximum Gasteiger partial charge on any atom is 0.330 e. The number of amides is 3. The number of benzene rings is 3. The summed E-state index contributed by atoms with van der Waals surface area (Å²) in [7, 11) is 1.25. The molecule has 0 saturated heterocycles. The Morgan fingerprint density at radius 3 is 2.14 bits per heavy atom. The van der Waals surface area contributed by atoms with E-state index in [4.69, 9.17) is 4.74 Å². The van der Waals surface area contributed by atoms with Crippen LogP contribution in [0.2, 0.25) is 0 Å². The largest absolute Gasteiger partial charge is 0.468 e. The molecule has 0 saturated carbocycles. The van der Waals surface area contributed by atoms with Crippen molar-refractivity contribution < 1.29 is 23.9 Å². The Labute approximate surface area is 241 Å². The molecule has 1 heterocycles. The fourth-order valence-electron chi connectivity index (χ4n) is 4.54. The second-order valence-corrected chi connectivity index (χ2v) is 9.24. The minimum Gasteiger partial charge on any atom is -0.468 e. The molecular formula is C33H26N4O5. The van der Waals surface area contributed by atoms with Crippen LogP contribution in [-0.4, -0.2) is 42.0 Å². The number of para-hydroxylation sites is 2. The van der Waals surface area contributed by atoms with Crippen LogP contribution in [0.1, 0.15) is 10.4 Å². The van der Waals surface area contributed by atoms with Crippen LogP contribution in [0.5, 0.6) is 0 Å². The van der Waals surface area contributed by atoms with Gasteiger partial charge >= 0.3 is 12.0 Å². The molecule has 42 heavy (non-hydrogen) atoms. The number of aromatic nitrogens is 1. The van der Waals surface area contributed by atoms with E-state index in [1.807, 2.05) is 48.5 Å². The van der Waals surface area contributed by atoms with Crippen LogP contribution in [0.3, 0.4) is 0 Å². The van der Waals surface area contributed by atoms with Crippen LogP contribution in [0.25, 0.3) is 21.8 Å². The zero-order chi connectivity index (χ0) is 29.5. The van der Waals surface area contributed by atoms with Crippen molar-refractivity contribution in [3.63, 3.8) is 0 Å². The molecule has 1 aliphatic carbocycles. The first kappa shape index (κ1) is 27.7. The van der Waals surface area contributed by atoms with Gasteiger partial charge in [-0.25, -0.2) is 4.79 Å². The predicted molar refractivity (Wildman–Crippen MR) is 159 cm³/mol. The number of allylic oxidation sites excluding steroid dienone is 3. The summed E-state index contributed by atoms with van der Waals surface area (Å²) in [5.74, 6) is 3.07. The predicted octanol–water partition coefficient (Wildman–Crippen LogP) is 4.03. The van der Waals surface area contributed by atoms with Crippen LogP contribution in [0, 0.1) is 17.8 Å². The van der Waals surface area contributed by atoms with Crippen LogP contribution in [0.4, 0.5) is 4.79 Å². The van der Waals surface area contributed by atoms with Gasteiger partial charge in [-0.1, -0.05) is 66.4 Å². The Kier molecular flexibility index (Phi) is 8.26. The normalized spacial score (nSPS) is 16.7. The van der Waals surface area contributed by atoms with Crippen molar-refractivity contribution in [3.05, 3.63) is 120 Å². The van der Waals surface area contributed by atoms with Crippen molar-refractivity contribution in [2.75, 3.05) is 13.7 Å². The van der Waals surface area contributed by atoms with E-state index >= 15 is 0 Å². The van der Waals surface area contributed by atoms with E-state index in [1.54, 1.807) is 34.9 Å². The molecule has 4 aromatic rings. The molecule has 1 atom stereocenters. The highest BCUT2D eigenvalue weighted by Crippen LogP contribution is 2.28. The first-order valence-electron chi connectivity index (χ1n) is 13.1. The minimum atomic E-state index is -0.982. The summed E-state index contributed by atoms with van der Waals surface area (Å²) in [5.41, 5.74) is 2.32. The number of carbonyl (C=O) groups excluding carboxylic acids is 4. The third-order valence-electron chi connectivity index (χ3n) is 6.46. The van der Waals surface area contributed by atoms with Gasteiger partial charge in [-0.2, -0.15) is 0 Å². The first-order valence-corrected chi connectivity index (χ1v) is 13.1. The van der Waals surface area contributed by atoms with Gasteiger partial charge in [0.1, 0.15) is 5.92 Å². The van der Waals surface area contributed by atoms with Crippen LogP contribution in [0.15, 0.2) is 115 Å². The molecule has 0 spiro atoms. The maximum atomic E-state index is 13.7. The van der Waals surface area contributed by atoms with Gasteiger partial charge in [0, 0.05) is 27.7 Å². The SMILES string of the molecule is COC(=O)C1C#CC=C/C(NC(=O)CNC(=O)c2ccccc2)=C\C(NC(=O)n2c3ccccc3c3ccccc32)=C/1. The molecule has 9 heteroatoms. The van der Waals surface area contributed by atoms with Crippen molar-refractivity contribution in [1.82, 2.24) is 20.5 Å². The lowest BCUT2D eigenvalue weighted by Crippen LogP contribution is -2.36. The molecule has 0 fully saturated rings. The monoisotopic (exact) mass is 558 g/mol. The average molecular weight is 559 g/mol. The summed E-state index contributed by atoms with van der Waals surface area (Å²) < 4.78 is 6.44. The number of carbonyl (C=O) groups is 4. The summed E-state index contributed by atoms with van der Waals surface area (Å²) in [6.45, 7) is -0.290. The summed E-state index contributed by atoms with van der Waals surface area (Å²) in [6.07, 6.45) is 5.96. The molecule has 5 rings (SSSR count). The summed E-state index contributed by atoms with van der Waals surface area (Å²) >= 11 is 0. The van der Waals surface area contributed by atoms with Gasteiger partial charge < -0.3 is 20.7 Å². The lowest BCUT2D eigenvalue weighted by molar-refractivity contribution is -0.142. The quantitative estimate of drug-likeness (QED) is 0.244. The van der Waals surface area contributed by atoms with Gasteiger partial charge in [-0.15, -0.1) is 0 Å². The van der Waals surface area contributed by atoms with E-state index in [9.17, 15) is 19.2 Å². The Balaban J connectivity index is 1.43. The zero-order valence-electron chi connectivity index (χ0n) is 22.6. The molecule has 0 aliphatic heterocycles. The summed E-state index contributed by atoms with van der Waals surface area (Å²) in [5, 5.41) is 9.97. The van der Waals surface area contributed by atoms with Crippen molar-refractivity contribution in [2.24, 2.45) is 5.92 Å². The molecule has 0 bridgehead atoms.